The Hall–Kier alpha value is -4.17. The molecular formula is C31H21Cl2N3O3S. The van der Waals surface area contributed by atoms with Crippen LogP contribution in [-0.2, 0) is 4.79 Å². The summed E-state index contributed by atoms with van der Waals surface area (Å²) < 4.78 is 8.01. The van der Waals surface area contributed by atoms with E-state index < -0.39 is 6.04 Å². The summed E-state index contributed by atoms with van der Waals surface area (Å²) in [5.74, 6) is 0.816. The Morgan fingerprint density at radius 2 is 1.75 bits per heavy atom. The molecule has 198 valence electrons. The van der Waals surface area contributed by atoms with Crippen LogP contribution < -0.4 is 20.2 Å². The number of para-hydroxylation sites is 1. The zero-order valence-corrected chi connectivity index (χ0v) is 23.4. The first-order valence-electron chi connectivity index (χ1n) is 12.4. The molecule has 0 fully saturated rings. The summed E-state index contributed by atoms with van der Waals surface area (Å²) in [6.45, 7) is 1.78. The average molecular weight is 587 g/mol. The van der Waals surface area contributed by atoms with Crippen LogP contribution in [0.1, 0.15) is 24.3 Å². The van der Waals surface area contributed by atoms with Crippen LogP contribution in [0.4, 0.5) is 5.69 Å². The molecule has 1 aliphatic heterocycles. The summed E-state index contributed by atoms with van der Waals surface area (Å²) in [6, 6.07) is 26.6. The highest BCUT2D eigenvalue weighted by Crippen LogP contribution is 2.31. The first-order valence-corrected chi connectivity index (χ1v) is 13.9. The molecule has 3 aromatic carbocycles. The van der Waals surface area contributed by atoms with E-state index in [9.17, 15) is 9.59 Å². The van der Waals surface area contributed by atoms with Gasteiger partial charge in [-0.25, -0.2) is 4.99 Å². The molecule has 2 aromatic heterocycles. The van der Waals surface area contributed by atoms with Gasteiger partial charge in [0.05, 0.1) is 21.8 Å². The molecule has 0 spiro atoms. The Balaban J connectivity index is 1.45. The number of carbonyl (C=O) groups is 1. The summed E-state index contributed by atoms with van der Waals surface area (Å²) in [5, 5.41) is 4.11. The maximum atomic E-state index is 13.9. The van der Waals surface area contributed by atoms with Crippen molar-refractivity contribution in [1.82, 2.24) is 4.57 Å². The van der Waals surface area contributed by atoms with Crippen LogP contribution in [0.3, 0.4) is 0 Å². The van der Waals surface area contributed by atoms with Gasteiger partial charge < -0.3 is 9.73 Å². The van der Waals surface area contributed by atoms with Crippen LogP contribution in [-0.4, -0.2) is 10.5 Å². The number of furan rings is 1. The predicted octanol–water partition coefficient (Wildman–Crippen LogP) is 6.44. The monoisotopic (exact) mass is 585 g/mol. The smallest absolute Gasteiger partial charge is 0.271 e. The van der Waals surface area contributed by atoms with Gasteiger partial charge >= 0.3 is 0 Å². The number of rotatable bonds is 5. The third kappa shape index (κ3) is 5.07. The normalized spacial score (nSPS) is 15.1. The molecule has 1 N–H and O–H groups in total. The van der Waals surface area contributed by atoms with E-state index in [1.54, 1.807) is 54.0 Å². The minimum atomic E-state index is -0.696. The van der Waals surface area contributed by atoms with Crippen molar-refractivity contribution in [2.75, 3.05) is 5.32 Å². The van der Waals surface area contributed by atoms with Gasteiger partial charge in [-0.05, 0) is 61.0 Å². The molecule has 1 aliphatic rings. The number of hydrogen-bond acceptors (Lipinski definition) is 5. The van der Waals surface area contributed by atoms with Gasteiger partial charge in [0, 0.05) is 27.4 Å². The van der Waals surface area contributed by atoms with E-state index in [0.717, 1.165) is 11.1 Å². The van der Waals surface area contributed by atoms with Gasteiger partial charge in [-0.15, -0.1) is 0 Å². The number of allylic oxidation sites excluding steroid dienone is 1. The number of anilines is 1. The van der Waals surface area contributed by atoms with Crippen molar-refractivity contribution in [1.29, 1.82) is 0 Å². The number of halogens is 2. The second-order valence-corrected chi connectivity index (χ2v) is 11.0. The number of thiazole rings is 1. The molecule has 1 amide bonds. The average Bonchev–Trinajstić information content (AvgIpc) is 3.53. The van der Waals surface area contributed by atoms with Crippen LogP contribution in [0, 0.1) is 0 Å². The molecule has 9 heteroatoms. The molecule has 0 aliphatic carbocycles. The molecule has 6 nitrogen and oxygen atoms in total. The fraction of sp³-hybridized carbons (Fsp3) is 0.0645. The highest BCUT2D eigenvalue weighted by atomic mass is 35.5. The topological polar surface area (TPSA) is 76.6 Å². The predicted molar refractivity (Wildman–Crippen MR) is 159 cm³/mol. The van der Waals surface area contributed by atoms with Gasteiger partial charge in [0.1, 0.15) is 11.5 Å². The van der Waals surface area contributed by atoms with E-state index in [2.05, 4.69) is 10.3 Å². The number of nitrogens with zero attached hydrogens (tertiary/aromatic N) is 2. The van der Waals surface area contributed by atoms with E-state index in [1.165, 1.54) is 11.3 Å². The molecule has 3 heterocycles. The summed E-state index contributed by atoms with van der Waals surface area (Å²) in [5.41, 5.74) is 2.86. The van der Waals surface area contributed by atoms with Gasteiger partial charge in [-0.3, -0.25) is 14.2 Å². The van der Waals surface area contributed by atoms with Gasteiger partial charge in [-0.1, -0.05) is 77.0 Å². The van der Waals surface area contributed by atoms with Crippen LogP contribution in [0.2, 0.25) is 10.0 Å². The van der Waals surface area contributed by atoms with Crippen molar-refractivity contribution in [3.8, 4) is 11.3 Å². The lowest BCUT2D eigenvalue weighted by Gasteiger charge is -2.25. The summed E-state index contributed by atoms with van der Waals surface area (Å²) >= 11 is 13.5. The van der Waals surface area contributed by atoms with E-state index in [-0.39, 0.29) is 11.5 Å². The quantitative estimate of drug-likeness (QED) is 0.258. The number of benzene rings is 3. The molecule has 0 saturated heterocycles. The Morgan fingerprint density at radius 3 is 2.50 bits per heavy atom. The zero-order valence-electron chi connectivity index (χ0n) is 21.1. The van der Waals surface area contributed by atoms with Crippen molar-refractivity contribution in [2.24, 2.45) is 4.99 Å². The number of nitrogens with one attached hydrogen (secondary N) is 1. The van der Waals surface area contributed by atoms with E-state index in [0.29, 0.717) is 47.9 Å². The number of amides is 1. The molecule has 6 rings (SSSR count). The number of hydrogen-bond donors (Lipinski definition) is 1. The Morgan fingerprint density at radius 1 is 0.975 bits per heavy atom. The fourth-order valence-electron chi connectivity index (χ4n) is 4.65. The lowest BCUT2D eigenvalue weighted by Crippen LogP contribution is -2.40. The second-order valence-electron chi connectivity index (χ2n) is 9.17. The summed E-state index contributed by atoms with van der Waals surface area (Å²) in [6.07, 6.45) is 1.69. The third-order valence-corrected chi connectivity index (χ3v) is 7.96. The highest BCUT2D eigenvalue weighted by molar-refractivity contribution is 7.07. The van der Waals surface area contributed by atoms with E-state index >= 15 is 0 Å². The summed E-state index contributed by atoms with van der Waals surface area (Å²) in [7, 11) is 0. The van der Waals surface area contributed by atoms with Crippen LogP contribution >= 0.6 is 34.5 Å². The standard InChI is InChI=1S/C31H21Cl2N3O3S/c1-18-27(29(37)35-23-8-3-2-4-9-23)28(19-10-12-21(32)13-11-19)36-30(38)26(40-31(36)34-18)17-24-14-15-25(39-24)20-6-5-7-22(33)16-20/h2-17,28H,1H3,(H,35,37)/b26-17-. The SMILES string of the molecule is CC1=C(C(=O)Nc2ccccc2)C(c2ccc(Cl)cc2)n2c(s/c(=C\c3ccc(-c4cccc(Cl)c4)o3)c2=O)=N1. The molecular weight excluding hydrogens is 565 g/mol. The molecule has 5 aromatic rings. The van der Waals surface area contributed by atoms with Gasteiger partial charge in [0.2, 0.25) is 0 Å². The van der Waals surface area contributed by atoms with Crippen molar-refractivity contribution in [2.45, 2.75) is 13.0 Å². The van der Waals surface area contributed by atoms with Crippen molar-refractivity contribution in [3.05, 3.63) is 143 Å². The third-order valence-electron chi connectivity index (χ3n) is 6.49. The Labute approximate surface area is 243 Å². The Bertz CT molecular complexity index is 1960. The van der Waals surface area contributed by atoms with Crippen molar-refractivity contribution >= 4 is 52.2 Å². The molecule has 40 heavy (non-hydrogen) atoms. The highest BCUT2D eigenvalue weighted by Gasteiger charge is 2.32. The molecule has 1 unspecified atom stereocenters. The zero-order chi connectivity index (χ0) is 27.8. The van der Waals surface area contributed by atoms with E-state index in [1.807, 2.05) is 54.6 Å². The lowest BCUT2D eigenvalue weighted by atomic mass is 9.95. The maximum absolute atomic E-state index is 13.9. The Kier molecular flexibility index (Phi) is 7.02. The van der Waals surface area contributed by atoms with Crippen molar-refractivity contribution in [3.63, 3.8) is 0 Å². The first-order chi connectivity index (χ1) is 19.4. The maximum Gasteiger partial charge on any atom is 0.271 e. The van der Waals surface area contributed by atoms with Gasteiger partial charge in [0.15, 0.2) is 4.80 Å². The van der Waals surface area contributed by atoms with E-state index in [4.69, 9.17) is 27.6 Å². The molecule has 0 saturated carbocycles. The number of carbonyl (C=O) groups excluding carboxylic acids is 1. The number of aromatic nitrogens is 1. The second kappa shape index (κ2) is 10.8. The van der Waals surface area contributed by atoms with Crippen LogP contribution in [0.15, 0.2) is 116 Å². The van der Waals surface area contributed by atoms with Crippen LogP contribution in [0.5, 0.6) is 0 Å². The minimum Gasteiger partial charge on any atom is -0.457 e. The van der Waals surface area contributed by atoms with Gasteiger partial charge in [-0.2, -0.15) is 0 Å². The van der Waals surface area contributed by atoms with Crippen molar-refractivity contribution < 1.29 is 9.21 Å². The molecule has 1 atom stereocenters. The van der Waals surface area contributed by atoms with Gasteiger partial charge in [0.25, 0.3) is 11.5 Å². The first kappa shape index (κ1) is 26.1. The number of fused-ring (bicyclic) bond motifs is 1. The molecule has 0 radical (unpaired) electrons. The minimum absolute atomic E-state index is 0.276. The van der Waals surface area contributed by atoms with Crippen LogP contribution in [0.25, 0.3) is 17.4 Å². The largest absolute Gasteiger partial charge is 0.457 e. The fourth-order valence-corrected chi connectivity index (χ4v) is 5.99. The summed E-state index contributed by atoms with van der Waals surface area (Å²) in [4.78, 5) is 32.6. The molecule has 0 bridgehead atoms. The lowest BCUT2D eigenvalue weighted by molar-refractivity contribution is -0.113.